The number of benzene rings is 3. The van der Waals surface area contributed by atoms with Crippen LogP contribution >= 0.6 is 11.6 Å². The van der Waals surface area contributed by atoms with Crippen LogP contribution in [0.2, 0.25) is 5.02 Å². The normalized spacial score (nSPS) is 13.0. The van der Waals surface area contributed by atoms with Gasteiger partial charge in [0.15, 0.2) is 0 Å². The predicted molar refractivity (Wildman–Crippen MR) is 163 cm³/mol. The van der Waals surface area contributed by atoms with Crippen LogP contribution in [0.1, 0.15) is 40.6 Å². The first kappa shape index (κ1) is 30.6. The summed E-state index contributed by atoms with van der Waals surface area (Å²) in [4.78, 5) is 44.1. The number of nitrogens with zero attached hydrogens (tertiary/aromatic N) is 3. The Morgan fingerprint density at radius 3 is 2.24 bits per heavy atom. The van der Waals surface area contributed by atoms with Gasteiger partial charge in [0.2, 0.25) is 0 Å². The zero-order valence-corrected chi connectivity index (χ0v) is 23.5. The highest BCUT2D eigenvalue weighted by Gasteiger charge is 2.30. The van der Waals surface area contributed by atoms with Crippen molar-refractivity contribution in [3.05, 3.63) is 105 Å². The number of aromatic nitrogens is 1. The van der Waals surface area contributed by atoms with Crippen molar-refractivity contribution in [2.75, 3.05) is 44.8 Å². The maximum absolute atomic E-state index is 14.0. The van der Waals surface area contributed by atoms with E-state index >= 15 is 0 Å². The molecule has 0 bridgehead atoms. The quantitative estimate of drug-likeness (QED) is 0.259. The molecule has 1 amide bonds. The Morgan fingerprint density at radius 1 is 0.952 bits per heavy atom. The van der Waals surface area contributed by atoms with Crippen molar-refractivity contribution in [2.24, 2.45) is 0 Å². The van der Waals surface area contributed by atoms with Crippen LogP contribution in [0.4, 0.5) is 10.1 Å². The highest BCUT2D eigenvalue weighted by molar-refractivity contribution is 6.31. The van der Waals surface area contributed by atoms with Gasteiger partial charge in [-0.2, -0.15) is 0 Å². The van der Waals surface area contributed by atoms with E-state index in [9.17, 15) is 18.8 Å². The van der Waals surface area contributed by atoms with Gasteiger partial charge in [0, 0.05) is 42.2 Å². The first-order valence-corrected chi connectivity index (χ1v) is 13.6. The van der Waals surface area contributed by atoms with Crippen molar-refractivity contribution >= 4 is 40.1 Å². The highest BCUT2D eigenvalue weighted by Crippen LogP contribution is 2.33. The minimum absolute atomic E-state index is 0. The number of hydrogen-bond acceptors (Lipinski definition) is 6. The van der Waals surface area contributed by atoms with Crippen LogP contribution in [0, 0.1) is 5.82 Å². The van der Waals surface area contributed by atoms with E-state index in [1.165, 1.54) is 16.7 Å². The summed E-state index contributed by atoms with van der Waals surface area (Å²) in [6, 6.07) is 17.9. The Balaban J connectivity index is 0.00000405. The third-order valence-corrected chi connectivity index (χ3v) is 7.39. The van der Waals surface area contributed by atoms with Crippen LogP contribution in [0.15, 0.2) is 71.5 Å². The van der Waals surface area contributed by atoms with E-state index in [2.05, 4.69) is 0 Å². The molecule has 42 heavy (non-hydrogen) atoms. The fraction of sp³-hybridized carbons (Fsp3) is 0.281. The summed E-state index contributed by atoms with van der Waals surface area (Å²) < 4.78 is 25.5. The number of anilines is 1. The second-order valence-corrected chi connectivity index (χ2v) is 10.1. The fourth-order valence-electron chi connectivity index (χ4n) is 5.11. The third kappa shape index (κ3) is 6.11. The van der Waals surface area contributed by atoms with Crippen molar-refractivity contribution < 1.29 is 23.5 Å². The lowest BCUT2D eigenvalue weighted by atomic mass is 10.0. The van der Waals surface area contributed by atoms with Crippen molar-refractivity contribution in [2.45, 2.75) is 20.9 Å². The smallest absolute Gasteiger partial charge is 0.345 e. The van der Waals surface area contributed by atoms with Crippen molar-refractivity contribution in [3.63, 3.8) is 0 Å². The van der Waals surface area contributed by atoms with Crippen LogP contribution in [-0.4, -0.2) is 61.2 Å². The molecule has 3 aromatic carbocycles. The Morgan fingerprint density at radius 2 is 1.62 bits per heavy atom. The second kappa shape index (κ2) is 13.1. The number of carbonyl (C=O) groups is 2. The second-order valence-electron chi connectivity index (χ2n) is 9.63. The average molecular weight is 594 g/mol. The molecule has 220 valence electrons. The number of ether oxygens (including phenoxy) is 2. The zero-order valence-electron chi connectivity index (χ0n) is 22.7. The van der Waals surface area contributed by atoms with E-state index in [0.717, 1.165) is 0 Å². The molecule has 8 nitrogen and oxygen atoms in total. The van der Waals surface area contributed by atoms with Gasteiger partial charge >= 0.3 is 5.97 Å². The third-order valence-electron chi connectivity index (χ3n) is 7.15. The molecule has 4 aromatic rings. The molecule has 0 unspecified atom stereocenters. The Kier molecular flexibility index (Phi) is 9.52. The van der Waals surface area contributed by atoms with Crippen LogP contribution < -0.4 is 15.2 Å². The van der Waals surface area contributed by atoms with Crippen LogP contribution in [0.3, 0.4) is 0 Å². The van der Waals surface area contributed by atoms with Gasteiger partial charge in [-0.15, -0.1) is 0 Å². The maximum Gasteiger partial charge on any atom is 0.345 e. The molecule has 0 N–H and O–H groups in total. The monoisotopic (exact) mass is 593 g/mol. The summed E-state index contributed by atoms with van der Waals surface area (Å²) >= 11 is 6.42. The minimum Gasteiger partial charge on any atom is -0.497 e. The van der Waals surface area contributed by atoms with E-state index in [-0.39, 0.29) is 37.9 Å². The van der Waals surface area contributed by atoms with Crippen LogP contribution in [0.5, 0.6) is 5.75 Å². The topological polar surface area (TPSA) is 81.1 Å². The Bertz CT molecular complexity index is 1650. The number of amides is 1. The lowest BCUT2D eigenvalue weighted by Gasteiger charge is -2.37. The number of pyridine rings is 1. The van der Waals surface area contributed by atoms with Crippen molar-refractivity contribution in [1.29, 1.82) is 0 Å². The number of fused-ring (bicyclic) bond motifs is 1. The van der Waals surface area contributed by atoms with Crippen molar-refractivity contribution in [1.82, 2.24) is 9.47 Å². The standard InChI is InChI=1S/C31H29ClFN3O5.CH4/c1-3-41-31(39)27-28(34-14-16-35(17-15-34)29(37)21-6-11-24(40-2)12-7-21)25-18-22(32)8-13-26(25)36(30(27)38)19-20-4-9-23(33)10-5-20;/h4-13,18H,3,14-17,19H2,1-2H3;1H4. The van der Waals surface area contributed by atoms with Crippen LogP contribution in [0.25, 0.3) is 10.9 Å². The fourth-order valence-corrected chi connectivity index (χ4v) is 5.28. The van der Waals surface area contributed by atoms with Gasteiger partial charge in [0.05, 0.1) is 31.5 Å². The summed E-state index contributed by atoms with van der Waals surface area (Å²) in [5.74, 6) is -0.568. The van der Waals surface area contributed by atoms with E-state index in [0.29, 0.717) is 64.7 Å². The molecule has 1 aliphatic heterocycles. The summed E-state index contributed by atoms with van der Waals surface area (Å²) in [5.41, 5.74) is 1.62. The van der Waals surface area contributed by atoms with Crippen LogP contribution in [-0.2, 0) is 11.3 Å². The SMILES string of the molecule is C.CCOC(=O)c1c(N2CCN(C(=O)c3ccc(OC)cc3)CC2)c2cc(Cl)ccc2n(Cc2ccc(F)cc2)c1=O. The molecule has 1 fully saturated rings. The molecule has 1 saturated heterocycles. The summed E-state index contributed by atoms with van der Waals surface area (Å²) in [6.45, 7) is 3.42. The van der Waals surface area contributed by atoms with E-state index in [1.807, 2.05) is 4.90 Å². The molecule has 0 aliphatic carbocycles. The number of rotatable bonds is 7. The molecular weight excluding hydrogens is 561 g/mol. The number of hydrogen-bond donors (Lipinski definition) is 0. The highest BCUT2D eigenvalue weighted by atomic mass is 35.5. The molecule has 0 spiro atoms. The number of esters is 1. The summed E-state index contributed by atoms with van der Waals surface area (Å²) in [7, 11) is 1.57. The first-order valence-electron chi connectivity index (χ1n) is 13.3. The molecule has 10 heteroatoms. The number of piperazine rings is 1. The largest absolute Gasteiger partial charge is 0.497 e. The predicted octanol–water partition coefficient (Wildman–Crippen LogP) is 5.63. The number of halogens is 2. The molecule has 1 aliphatic rings. The van der Waals surface area contributed by atoms with Gasteiger partial charge in [0.1, 0.15) is 17.1 Å². The molecule has 0 saturated carbocycles. The molecule has 5 rings (SSSR count). The molecule has 0 radical (unpaired) electrons. The number of methoxy groups -OCH3 is 1. The van der Waals surface area contributed by atoms with E-state index in [1.54, 1.807) is 73.5 Å². The van der Waals surface area contributed by atoms with Crippen molar-refractivity contribution in [3.8, 4) is 5.75 Å². The molecule has 2 heterocycles. The van der Waals surface area contributed by atoms with Gasteiger partial charge in [-0.3, -0.25) is 9.59 Å². The lowest BCUT2D eigenvalue weighted by molar-refractivity contribution is 0.0523. The summed E-state index contributed by atoms with van der Waals surface area (Å²) in [6.07, 6.45) is 0. The first-order chi connectivity index (χ1) is 19.8. The van der Waals surface area contributed by atoms with E-state index in [4.69, 9.17) is 21.1 Å². The van der Waals surface area contributed by atoms with Gasteiger partial charge in [-0.05, 0) is 67.1 Å². The van der Waals surface area contributed by atoms with Gasteiger partial charge in [0.25, 0.3) is 11.5 Å². The zero-order chi connectivity index (χ0) is 29.1. The Hall–Kier alpha value is -4.37. The number of carbonyl (C=O) groups excluding carboxylic acids is 2. The summed E-state index contributed by atoms with van der Waals surface area (Å²) in [5, 5.41) is 1.05. The minimum atomic E-state index is -0.737. The Labute approximate surface area is 248 Å². The molecule has 1 aromatic heterocycles. The van der Waals surface area contributed by atoms with Gasteiger partial charge < -0.3 is 23.8 Å². The molecular formula is C32H33ClFN3O5. The van der Waals surface area contributed by atoms with Gasteiger partial charge in [-0.1, -0.05) is 31.2 Å². The average Bonchev–Trinajstić information content (AvgIpc) is 2.99. The molecule has 0 atom stereocenters. The maximum atomic E-state index is 14.0. The lowest BCUT2D eigenvalue weighted by Crippen LogP contribution is -2.49. The van der Waals surface area contributed by atoms with E-state index < -0.39 is 11.5 Å². The van der Waals surface area contributed by atoms with Gasteiger partial charge in [-0.25, -0.2) is 9.18 Å².